The smallest absolute Gasteiger partial charge is 0.326 e. The second-order valence-corrected chi connectivity index (χ2v) is 6.14. The van der Waals surface area contributed by atoms with E-state index < -0.39 is 28.5 Å². The van der Waals surface area contributed by atoms with E-state index >= 15 is 0 Å². The summed E-state index contributed by atoms with van der Waals surface area (Å²) in [6.07, 6.45) is 1.32. The van der Waals surface area contributed by atoms with Crippen LogP contribution in [0.2, 0.25) is 5.02 Å². The molecule has 26 heavy (non-hydrogen) atoms. The van der Waals surface area contributed by atoms with Crippen LogP contribution in [0.4, 0.5) is 11.4 Å². The molecule has 10 heteroatoms. The number of halogens is 1. The molecular formula is C16H17ClN4O5. The minimum atomic E-state index is -1.11. The third-order valence-corrected chi connectivity index (χ3v) is 3.52. The summed E-state index contributed by atoms with van der Waals surface area (Å²) >= 11 is 5.69. The van der Waals surface area contributed by atoms with Gasteiger partial charge in [0.2, 0.25) is 0 Å². The van der Waals surface area contributed by atoms with Gasteiger partial charge in [-0.1, -0.05) is 25.4 Å². The van der Waals surface area contributed by atoms with E-state index in [2.05, 4.69) is 10.6 Å². The maximum absolute atomic E-state index is 12.1. The number of benzene rings is 1. The van der Waals surface area contributed by atoms with E-state index in [0.29, 0.717) is 6.42 Å². The number of carboxylic acid groups (broad SMARTS) is 1. The molecule has 0 aliphatic heterocycles. The van der Waals surface area contributed by atoms with Crippen LogP contribution >= 0.6 is 11.6 Å². The number of rotatable bonds is 8. The van der Waals surface area contributed by atoms with Crippen molar-refractivity contribution in [3.8, 4) is 6.07 Å². The molecule has 0 bridgehead atoms. The van der Waals surface area contributed by atoms with E-state index in [9.17, 15) is 19.7 Å². The largest absolute Gasteiger partial charge is 0.480 e. The van der Waals surface area contributed by atoms with Crippen LogP contribution in [0.15, 0.2) is 30.0 Å². The monoisotopic (exact) mass is 380 g/mol. The zero-order valence-electron chi connectivity index (χ0n) is 14.0. The number of carboxylic acids is 1. The molecule has 0 saturated carbocycles. The maximum atomic E-state index is 12.1. The van der Waals surface area contributed by atoms with Crippen molar-refractivity contribution in [3.05, 3.63) is 45.1 Å². The molecular weight excluding hydrogens is 364 g/mol. The van der Waals surface area contributed by atoms with Gasteiger partial charge in [0.15, 0.2) is 0 Å². The number of hydrogen-bond acceptors (Lipinski definition) is 6. The highest BCUT2D eigenvalue weighted by molar-refractivity contribution is 6.32. The number of carbonyl (C=O) groups is 2. The molecule has 1 aromatic carbocycles. The summed E-state index contributed by atoms with van der Waals surface area (Å²) < 4.78 is 0. The Morgan fingerprint density at radius 2 is 2.12 bits per heavy atom. The van der Waals surface area contributed by atoms with Gasteiger partial charge in [-0.15, -0.1) is 0 Å². The number of aliphatic carboxylic acids is 1. The number of nitro groups is 1. The van der Waals surface area contributed by atoms with Crippen LogP contribution in [-0.2, 0) is 9.59 Å². The molecule has 1 atom stereocenters. The Labute approximate surface area is 154 Å². The summed E-state index contributed by atoms with van der Waals surface area (Å²) in [7, 11) is 0. The molecule has 0 fully saturated rings. The van der Waals surface area contributed by atoms with Crippen LogP contribution in [0.25, 0.3) is 0 Å². The summed E-state index contributed by atoms with van der Waals surface area (Å²) in [6.45, 7) is 3.68. The van der Waals surface area contributed by atoms with E-state index in [1.165, 1.54) is 12.1 Å². The Balaban J connectivity index is 2.92. The second kappa shape index (κ2) is 9.39. The highest BCUT2D eigenvalue weighted by atomic mass is 35.5. The third-order valence-electron chi connectivity index (χ3n) is 3.20. The Morgan fingerprint density at radius 1 is 1.46 bits per heavy atom. The van der Waals surface area contributed by atoms with Crippen LogP contribution in [0.5, 0.6) is 0 Å². The number of carbonyl (C=O) groups excluding carboxylic acids is 1. The molecule has 1 aromatic rings. The lowest BCUT2D eigenvalue weighted by atomic mass is 10.0. The molecule has 3 N–H and O–H groups in total. The molecule has 0 radical (unpaired) electrons. The van der Waals surface area contributed by atoms with Crippen molar-refractivity contribution < 1.29 is 19.6 Å². The Hall–Kier alpha value is -3.12. The van der Waals surface area contributed by atoms with Gasteiger partial charge in [-0.2, -0.15) is 5.26 Å². The molecule has 1 unspecified atom stereocenters. The van der Waals surface area contributed by atoms with Crippen molar-refractivity contribution >= 4 is 34.9 Å². The number of nitrogens with zero attached hydrogens (tertiary/aromatic N) is 2. The predicted molar refractivity (Wildman–Crippen MR) is 94.4 cm³/mol. The molecule has 138 valence electrons. The topological polar surface area (TPSA) is 145 Å². The van der Waals surface area contributed by atoms with E-state index in [0.717, 1.165) is 12.3 Å². The Morgan fingerprint density at radius 3 is 2.62 bits per heavy atom. The van der Waals surface area contributed by atoms with Crippen LogP contribution in [-0.4, -0.2) is 27.9 Å². The molecule has 0 saturated heterocycles. The van der Waals surface area contributed by atoms with Crippen LogP contribution in [0, 0.1) is 27.4 Å². The van der Waals surface area contributed by atoms with Crippen molar-refractivity contribution in [1.29, 1.82) is 5.26 Å². The summed E-state index contributed by atoms with van der Waals surface area (Å²) in [5, 5.41) is 33.9. The van der Waals surface area contributed by atoms with Crippen molar-refractivity contribution in [2.75, 3.05) is 5.32 Å². The van der Waals surface area contributed by atoms with Crippen molar-refractivity contribution in [3.63, 3.8) is 0 Å². The van der Waals surface area contributed by atoms with E-state index in [1.54, 1.807) is 6.07 Å². The fourth-order valence-electron chi connectivity index (χ4n) is 1.97. The van der Waals surface area contributed by atoms with Crippen molar-refractivity contribution in [1.82, 2.24) is 5.32 Å². The number of nitro benzene ring substituents is 1. The average Bonchev–Trinajstić information content (AvgIpc) is 2.55. The van der Waals surface area contributed by atoms with Gasteiger partial charge in [0.1, 0.15) is 22.7 Å². The third kappa shape index (κ3) is 6.07. The van der Waals surface area contributed by atoms with Gasteiger partial charge in [0, 0.05) is 18.0 Å². The molecule has 0 aliphatic carbocycles. The highest BCUT2D eigenvalue weighted by Gasteiger charge is 2.19. The first-order valence-corrected chi connectivity index (χ1v) is 7.88. The summed E-state index contributed by atoms with van der Waals surface area (Å²) in [6, 6.07) is 4.34. The zero-order valence-corrected chi connectivity index (χ0v) is 14.8. The van der Waals surface area contributed by atoms with Gasteiger partial charge in [-0.3, -0.25) is 14.9 Å². The van der Waals surface area contributed by atoms with Gasteiger partial charge >= 0.3 is 5.97 Å². The van der Waals surface area contributed by atoms with Crippen molar-refractivity contribution in [2.45, 2.75) is 26.3 Å². The predicted octanol–water partition coefficient (Wildman–Crippen LogP) is 2.68. The molecule has 0 spiro atoms. The SMILES string of the molecule is CC(C)CC(N/C=C(/C#N)C(=O)Nc1ccc(Cl)c([N+](=O)[O-])c1)C(=O)O. The average molecular weight is 381 g/mol. The maximum Gasteiger partial charge on any atom is 0.326 e. The van der Waals surface area contributed by atoms with E-state index in [-0.39, 0.29) is 22.2 Å². The number of hydrogen-bond donors (Lipinski definition) is 3. The summed E-state index contributed by atoms with van der Waals surface area (Å²) in [5.41, 5.74) is -0.699. The lowest BCUT2D eigenvalue weighted by molar-refractivity contribution is -0.384. The van der Waals surface area contributed by atoms with Crippen LogP contribution in [0.1, 0.15) is 20.3 Å². The van der Waals surface area contributed by atoms with Crippen LogP contribution < -0.4 is 10.6 Å². The Bertz CT molecular complexity index is 785. The molecule has 0 aromatic heterocycles. The summed E-state index contributed by atoms with van der Waals surface area (Å²) in [5.74, 6) is -1.86. The van der Waals surface area contributed by atoms with E-state index in [4.69, 9.17) is 22.0 Å². The number of amides is 1. The first-order chi connectivity index (χ1) is 12.1. The minimum Gasteiger partial charge on any atom is -0.480 e. The number of nitrogens with one attached hydrogen (secondary N) is 2. The van der Waals surface area contributed by atoms with E-state index in [1.807, 2.05) is 13.8 Å². The molecule has 1 amide bonds. The van der Waals surface area contributed by atoms with Gasteiger partial charge in [-0.25, -0.2) is 4.79 Å². The highest BCUT2D eigenvalue weighted by Crippen LogP contribution is 2.27. The minimum absolute atomic E-state index is 0.0733. The molecule has 9 nitrogen and oxygen atoms in total. The lowest BCUT2D eigenvalue weighted by Crippen LogP contribution is -2.35. The van der Waals surface area contributed by atoms with Crippen LogP contribution in [0.3, 0.4) is 0 Å². The normalized spacial score (nSPS) is 12.2. The quantitative estimate of drug-likeness (QED) is 0.272. The van der Waals surface area contributed by atoms with Crippen molar-refractivity contribution in [2.24, 2.45) is 5.92 Å². The van der Waals surface area contributed by atoms with Gasteiger partial charge in [0.25, 0.3) is 11.6 Å². The molecule has 1 rings (SSSR count). The first-order valence-electron chi connectivity index (χ1n) is 7.50. The van der Waals surface area contributed by atoms with Gasteiger partial charge < -0.3 is 15.7 Å². The van der Waals surface area contributed by atoms with Gasteiger partial charge in [0.05, 0.1) is 4.92 Å². The Kier molecular flexibility index (Phi) is 7.55. The second-order valence-electron chi connectivity index (χ2n) is 5.73. The fourth-order valence-corrected chi connectivity index (χ4v) is 2.16. The molecule has 0 heterocycles. The first kappa shape index (κ1) is 20.9. The fraction of sp³-hybridized carbons (Fsp3) is 0.312. The standard InChI is InChI=1S/C16H17ClN4O5/c1-9(2)5-13(16(23)24)19-8-10(7-18)15(22)20-11-3-4-12(17)14(6-11)21(25)26/h3-4,6,8-9,13,19H,5H2,1-2H3,(H,20,22)(H,23,24)/b10-8-. The number of anilines is 1. The number of nitriles is 1. The molecule has 0 aliphatic rings. The van der Waals surface area contributed by atoms with Gasteiger partial charge in [-0.05, 0) is 24.5 Å². The zero-order chi connectivity index (χ0) is 19.9. The lowest BCUT2D eigenvalue weighted by Gasteiger charge is -2.15. The summed E-state index contributed by atoms with van der Waals surface area (Å²) in [4.78, 5) is 33.5.